The molecule has 4 fully saturated rings. The SMILES string of the molecule is O=C(Cc1c[nH]c(=O)[nH]c1=O)N1C2CCC1CN(c1nc(OCC34CCCN3CCC4)nc3c(F)c(-c4cc(O)cc5ccccc45)ccc13)C2. The number of ether oxygens (including phenoxy) is 1. The highest BCUT2D eigenvalue weighted by atomic mass is 19.1. The average molecular weight is 692 g/mol. The number of fused-ring (bicyclic) bond motifs is 5. The Balaban J connectivity index is 1.09. The lowest BCUT2D eigenvalue weighted by molar-refractivity contribution is -0.133. The molecule has 51 heavy (non-hydrogen) atoms. The van der Waals surface area contributed by atoms with Gasteiger partial charge in [0.1, 0.15) is 23.7 Å². The number of phenols is 1. The normalized spacial score (nSPS) is 21.1. The van der Waals surface area contributed by atoms with Gasteiger partial charge in [-0.2, -0.15) is 9.97 Å². The fourth-order valence-electron chi connectivity index (χ4n) is 9.12. The number of carbonyl (C=O) groups is 1. The summed E-state index contributed by atoms with van der Waals surface area (Å²) in [5.74, 6) is -0.113. The van der Waals surface area contributed by atoms with Crippen molar-refractivity contribution in [1.29, 1.82) is 0 Å². The molecule has 262 valence electrons. The van der Waals surface area contributed by atoms with Crippen LogP contribution in [0, 0.1) is 5.82 Å². The summed E-state index contributed by atoms with van der Waals surface area (Å²) in [5, 5.41) is 12.7. The van der Waals surface area contributed by atoms with Crippen LogP contribution in [0.5, 0.6) is 11.8 Å². The van der Waals surface area contributed by atoms with E-state index in [9.17, 15) is 19.5 Å². The molecule has 3 aromatic carbocycles. The van der Waals surface area contributed by atoms with Crippen molar-refractivity contribution >= 4 is 33.4 Å². The Bertz CT molecular complexity index is 2300. The number of anilines is 1. The van der Waals surface area contributed by atoms with Gasteiger partial charge in [-0.05, 0) is 86.1 Å². The third-order valence-electron chi connectivity index (χ3n) is 11.5. The molecule has 4 aliphatic rings. The second-order valence-electron chi connectivity index (χ2n) is 14.4. The molecule has 0 saturated carbocycles. The molecular formula is C38H38FN7O5. The Hall–Kier alpha value is -5.30. The van der Waals surface area contributed by atoms with Crippen LogP contribution in [0.2, 0.25) is 0 Å². The van der Waals surface area contributed by atoms with Crippen molar-refractivity contribution < 1.29 is 19.0 Å². The summed E-state index contributed by atoms with van der Waals surface area (Å²) in [6.07, 6.45) is 7.05. The van der Waals surface area contributed by atoms with E-state index in [1.165, 1.54) is 6.20 Å². The van der Waals surface area contributed by atoms with E-state index in [1.807, 2.05) is 35.2 Å². The first kappa shape index (κ1) is 31.7. The maximum atomic E-state index is 16.9. The molecular weight excluding hydrogens is 653 g/mol. The Kier molecular flexibility index (Phi) is 7.57. The zero-order valence-electron chi connectivity index (χ0n) is 28.0. The molecule has 5 aromatic rings. The summed E-state index contributed by atoms with van der Waals surface area (Å²) >= 11 is 0. The quantitative estimate of drug-likeness (QED) is 0.230. The van der Waals surface area contributed by atoms with Crippen molar-refractivity contribution in [3.63, 3.8) is 0 Å². The van der Waals surface area contributed by atoms with Crippen molar-refractivity contribution in [3.05, 3.63) is 86.9 Å². The Labute approximate surface area is 291 Å². The number of nitrogens with zero attached hydrogens (tertiary/aromatic N) is 5. The van der Waals surface area contributed by atoms with Crippen LogP contribution in [-0.4, -0.2) is 91.2 Å². The van der Waals surface area contributed by atoms with Crippen molar-refractivity contribution in [3.8, 4) is 22.9 Å². The molecule has 12 nitrogen and oxygen atoms in total. The maximum absolute atomic E-state index is 16.9. The van der Waals surface area contributed by atoms with E-state index >= 15 is 4.39 Å². The van der Waals surface area contributed by atoms with Gasteiger partial charge in [0, 0.05) is 47.9 Å². The lowest BCUT2D eigenvalue weighted by Gasteiger charge is -2.42. The maximum Gasteiger partial charge on any atom is 0.325 e. The predicted molar refractivity (Wildman–Crippen MR) is 190 cm³/mol. The zero-order valence-corrected chi connectivity index (χ0v) is 28.0. The minimum Gasteiger partial charge on any atom is -0.508 e. The number of phenolic OH excluding ortho intramolecular Hbond substituents is 1. The average Bonchev–Trinajstić information content (AvgIpc) is 3.79. The van der Waals surface area contributed by atoms with E-state index in [-0.39, 0.29) is 52.8 Å². The molecule has 13 heteroatoms. The second kappa shape index (κ2) is 12.2. The highest BCUT2D eigenvalue weighted by molar-refractivity contribution is 6.01. The van der Waals surface area contributed by atoms with E-state index < -0.39 is 17.1 Å². The lowest BCUT2D eigenvalue weighted by atomic mass is 9.95. The summed E-state index contributed by atoms with van der Waals surface area (Å²) in [6, 6.07) is 14.2. The van der Waals surface area contributed by atoms with Gasteiger partial charge in [-0.3, -0.25) is 19.5 Å². The molecule has 6 heterocycles. The number of piperazine rings is 1. The van der Waals surface area contributed by atoms with Crippen LogP contribution < -0.4 is 20.9 Å². The topological polar surface area (TPSA) is 148 Å². The van der Waals surface area contributed by atoms with E-state index in [0.29, 0.717) is 42.0 Å². The van der Waals surface area contributed by atoms with E-state index in [1.54, 1.807) is 18.2 Å². The smallest absolute Gasteiger partial charge is 0.325 e. The van der Waals surface area contributed by atoms with E-state index in [0.717, 1.165) is 62.4 Å². The number of hydrogen-bond acceptors (Lipinski definition) is 9. The number of carbonyl (C=O) groups excluding carboxylic acids is 1. The highest BCUT2D eigenvalue weighted by Gasteiger charge is 2.46. The standard InChI is InChI=1S/C38H38FN7O5/c39-32-28(30-17-26(47)15-22-5-1-2-6-27(22)30)9-10-29-33(32)41-37(51-21-38-11-3-13-45(38)14-4-12-38)42-34(29)44-19-24-7-8-25(20-44)46(24)31(48)16-23-18-40-36(50)43-35(23)49/h1-2,5-6,9-10,15,17-18,24-25,47H,3-4,7-8,11-14,16,19-21H2,(H2,40,43,49,50). The summed E-state index contributed by atoms with van der Waals surface area (Å²) < 4.78 is 23.4. The number of aromatic amines is 2. The van der Waals surface area contributed by atoms with Crippen molar-refractivity contribution in [2.45, 2.75) is 62.6 Å². The number of amides is 1. The number of aromatic nitrogens is 4. The summed E-state index contributed by atoms with van der Waals surface area (Å²) in [5.41, 5.74) is -0.0325. The molecule has 0 radical (unpaired) electrons. The number of rotatable bonds is 7. The first-order valence-electron chi connectivity index (χ1n) is 17.7. The van der Waals surface area contributed by atoms with Crippen molar-refractivity contribution in [2.24, 2.45) is 0 Å². The fourth-order valence-corrected chi connectivity index (χ4v) is 9.12. The Morgan fingerprint density at radius 3 is 2.51 bits per heavy atom. The predicted octanol–water partition coefficient (Wildman–Crippen LogP) is 4.10. The van der Waals surface area contributed by atoms with Gasteiger partial charge >= 0.3 is 11.7 Å². The second-order valence-corrected chi connectivity index (χ2v) is 14.4. The van der Waals surface area contributed by atoms with Crippen LogP contribution in [0.3, 0.4) is 0 Å². The molecule has 2 aromatic heterocycles. The third kappa shape index (κ3) is 5.41. The van der Waals surface area contributed by atoms with Gasteiger partial charge in [-0.15, -0.1) is 0 Å². The minimum absolute atomic E-state index is 0.0422. The lowest BCUT2D eigenvalue weighted by Crippen LogP contribution is -2.56. The molecule has 2 unspecified atom stereocenters. The molecule has 3 N–H and O–H groups in total. The monoisotopic (exact) mass is 691 g/mol. The van der Waals surface area contributed by atoms with Crippen LogP contribution in [0.25, 0.3) is 32.8 Å². The first-order valence-corrected chi connectivity index (χ1v) is 17.7. The largest absolute Gasteiger partial charge is 0.508 e. The molecule has 0 aliphatic carbocycles. The summed E-state index contributed by atoms with van der Waals surface area (Å²) in [6.45, 7) is 3.45. The fraction of sp³-hybridized carbons (Fsp3) is 0.395. The Morgan fingerprint density at radius 1 is 0.980 bits per heavy atom. The first-order chi connectivity index (χ1) is 24.8. The van der Waals surface area contributed by atoms with Crippen LogP contribution in [0.1, 0.15) is 44.1 Å². The third-order valence-corrected chi connectivity index (χ3v) is 11.5. The number of halogens is 1. The molecule has 2 atom stereocenters. The van der Waals surface area contributed by atoms with Crippen LogP contribution in [0.4, 0.5) is 10.2 Å². The molecule has 9 rings (SSSR count). The molecule has 1 amide bonds. The zero-order chi connectivity index (χ0) is 34.9. The van der Waals surface area contributed by atoms with Crippen LogP contribution in [0.15, 0.2) is 64.3 Å². The number of nitrogens with one attached hydrogen (secondary N) is 2. The molecule has 4 aliphatic heterocycles. The number of benzene rings is 3. The summed E-state index contributed by atoms with van der Waals surface area (Å²) in [4.78, 5) is 58.1. The number of H-pyrrole nitrogens is 2. The number of aromatic hydroxyl groups is 1. The molecule has 4 saturated heterocycles. The van der Waals surface area contributed by atoms with Crippen molar-refractivity contribution in [2.75, 3.05) is 37.7 Å². The summed E-state index contributed by atoms with van der Waals surface area (Å²) in [7, 11) is 0. The van der Waals surface area contributed by atoms with Crippen molar-refractivity contribution in [1.82, 2.24) is 29.7 Å². The van der Waals surface area contributed by atoms with E-state index in [4.69, 9.17) is 14.7 Å². The number of hydrogen-bond donors (Lipinski definition) is 3. The van der Waals surface area contributed by atoms with E-state index in [2.05, 4.69) is 19.8 Å². The van der Waals surface area contributed by atoms with Gasteiger partial charge in [-0.1, -0.05) is 30.3 Å². The Morgan fingerprint density at radius 2 is 1.75 bits per heavy atom. The molecule has 0 spiro atoms. The van der Waals surface area contributed by atoms with Gasteiger partial charge in [0.25, 0.3) is 5.56 Å². The van der Waals surface area contributed by atoms with Gasteiger partial charge in [0.2, 0.25) is 5.91 Å². The molecule has 2 bridgehead atoms. The van der Waals surface area contributed by atoms with Gasteiger partial charge in [-0.25, -0.2) is 9.18 Å². The van der Waals surface area contributed by atoms with Gasteiger partial charge < -0.3 is 24.6 Å². The van der Waals surface area contributed by atoms with Gasteiger partial charge in [0.05, 0.1) is 12.0 Å². The van der Waals surface area contributed by atoms with Gasteiger partial charge in [0.15, 0.2) is 5.82 Å². The minimum atomic E-state index is -0.618. The van der Waals surface area contributed by atoms with Crippen LogP contribution >= 0.6 is 0 Å². The van der Waals surface area contributed by atoms with Crippen LogP contribution in [-0.2, 0) is 11.2 Å². The highest BCUT2D eigenvalue weighted by Crippen LogP contribution is 2.42.